The Kier molecular flexibility index (Phi) is 3.90. The highest BCUT2D eigenvalue weighted by Crippen LogP contribution is 2.19. The van der Waals surface area contributed by atoms with E-state index in [2.05, 4.69) is 15.9 Å². The third kappa shape index (κ3) is 2.79. The molecule has 0 aromatic heterocycles. The molecule has 1 aromatic carbocycles. The monoisotopic (exact) mass is 243 g/mol. The maximum absolute atomic E-state index is 9.53. The van der Waals surface area contributed by atoms with E-state index in [1.165, 1.54) is 0 Å². The fourth-order valence-electron chi connectivity index (χ4n) is 1.19. The second-order valence-electron chi connectivity index (χ2n) is 3.06. The van der Waals surface area contributed by atoms with Crippen LogP contribution < -0.4 is 5.73 Å². The van der Waals surface area contributed by atoms with Gasteiger partial charge in [0.05, 0.1) is 12.1 Å². The smallest absolute Gasteiger partial charge is 0.0730 e. The second kappa shape index (κ2) is 4.74. The molecule has 13 heavy (non-hydrogen) atoms. The summed E-state index contributed by atoms with van der Waals surface area (Å²) in [6.07, 6.45) is 0.211. The molecule has 0 aliphatic heterocycles. The summed E-state index contributed by atoms with van der Waals surface area (Å²) in [6, 6.07) is 7.43. The summed E-state index contributed by atoms with van der Waals surface area (Å²) in [7, 11) is 0. The van der Waals surface area contributed by atoms with E-state index in [9.17, 15) is 5.11 Å². The summed E-state index contributed by atoms with van der Waals surface area (Å²) in [5.74, 6) is 0. The van der Waals surface area contributed by atoms with Crippen LogP contribution in [0.25, 0.3) is 0 Å². The van der Waals surface area contributed by atoms with E-state index in [0.717, 1.165) is 10.0 Å². The molecule has 0 aliphatic rings. The Bertz CT molecular complexity index is 277. The van der Waals surface area contributed by atoms with Crippen molar-refractivity contribution in [2.45, 2.75) is 25.5 Å². The zero-order valence-corrected chi connectivity index (χ0v) is 9.16. The highest BCUT2D eigenvalue weighted by Gasteiger charge is 2.14. The van der Waals surface area contributed by atoms with Gasteiger partial charge in [0.25, 0.3) is 0 Å². The molecule has 2 nitrogen and oxygen atoms in total. The van der Waals surface area contributed by atoms with Crippen LogP contribution >= 0.6 is 15.9 Å². The first-order valence-corrected chi connectivity index (χ1v) is 5.13. The Balaban J connectivity index is 2.82. The van der Waals surface area contributed by atoms with Crippen molar-refractivity contribution in [1.29, 1.82) is 0 Å². The zero-order chi connectivity index (χ0) is 9.84. The number of hydrogen-bond acceptors (Lipinski definition) is 2. The number of benzene rings is 1. The molecule has 0 fully saturated rings. The van der Waals surface area contributed by atoms with E-state index in [1.54, 1.807) is 0 Å². The summed E-state index contributed by atoms with van der Waals surface area (Å²) >= 11 is 3.36. The van der Waals surface area contributed by atoms with Crippen LogP contribution in [0.2, 0.25) is 0 Å². The highest BCUT2D eigenvalue weighted by molar-refractivity contribution is 9.10. The predicted octanol–water partition coefficient (Wildman–Crippen LogP) is 2.22. The molecule has 0 spiro atoms. The van der Waals surface area contributed by atoms with Crippen molar-refractivity contribution in [1.82, 2.24) is 0 Å². The van der Waals surface area contributed by atoms with Crippen LogP contribution in [-0.4, -0.2) is 11.2 Å². The van der Waals surface area contributed by atoms with Gasteiger partial charge in [-0.05, 0) is 24.1 Å². The molecule has 0 saturated heterocycles. The van der Waals surface area contributed by atoms with E-state index in [0.29, 0.717) is 6.42 Å². The molecular formula is C10H14BrNO. The van der Waals surface area contributed by atoms with Crippen molar-refractivity contribution >= 4 is 15.9 Å². The molecule has 2 unspecified atom stereocenters. The van der Waals surface area contributed by atoms with Crippen LogP contribution in [0.15, 0.2) is 28.7 Å². The molecule has 0 saturated carbocycles. The summed E-state index contributed by atoms with van der Waals surface area (Å²) in [5.41, 5.74) is 6.81. The summed E-state index contributed by atoms with van der Waals surface area (Å²) in [6.45, 7) is 1.92. The van der Waals surface area contributed by atoms with Crippen LogP contribution in [0.1, 0.15) is 24.9 Å². The van der Waals surface area contributed by atoms with Gasteiger partial charge in [0.15, 0.2) is 0 Å². The minimum absolute atomic E-state index is 0.289. The van der Waals surface area contributed by atoms with Gasteiger partial charge >= 0.3 is 0 Å². The molecule has 3 heteroatoms. The fourth-order valence-corrected chi connectivity index (χ4v) is 1.61. The van der Waals surface area contributed by atoms with Gasteiger partial charge in [-0.3, -0.25) is 0 Å². The molecule has 0 radical (unpaired) electrons. The van der Waals surface area contributed by atoms with Gasteiger partial charge in [-0.2, -0.15) is 0 Å². The average molecular weight is 244 g/mol. The lowest BCUT2D eigenvalue weighted by Gasteiger charge is -2.17. The number of rotatable bonds is 3. The molecule has 72 valence electrons. The van der Waals surface area contributed by atoms with Crippen LogP contribution in [0.5, 0.6) is 0 Å². The van der Waals surface area contributed by atoms with Gasteiger partial charge in [-0.15, -0.1) is 0 Å². The lowest BCUT2D eigenvalue weighted by atomic mass is 10.0. The number of aliphatic hydroxyl groups is 1. The molecule has 1 aromatic rings. The standard InChI is InChI=1S/C10H14BrNO/c1-2-9(13)10(12)7-4-3-5-8(11)6-7/h3-6,9-10,13H,2,12H2,1H3. The van der Waals surface area contributed by atoms with Crippen LogP contribution in [-0.2, 0) is 0 Å². The van der Waals surface area contributed by atoms with Gasteiger partial charge in [-0.1, -0.05) is 35.0 Å². The quantitative estimate of drug-likeness (QED) is 0.856. The van der Waals surface area contributed by atoms with Crippen LogP contribution in [0, 0.1) is 0 Å². The van der Waals surface area contributed by atoms with Gasteiger partial charge in [0.1, 0.15) is 0 Å². The normalized spacial score (nSPS) is 15.4. The molecular weight excluding hydrogens is 230 g/mol. The second-order valence-corrected chi connectivity index (χ2v) is 3.97. The predicted molar refractivity (Wildman–Crippen MR) is 57.4 cm³/mol. The number of nitrogens with two attached hydrogens (primary N) is 1. The Morgan fingerprint density at radius 3 is 2.77 bits per heavy atom. The van der Waals surface area contributed by atoms with Crippen molar-refractivity contribution < 1.29 is 5.11 Å². The van der Waals surface area contributed by atoms with Crippen molar-refractivity contribution in [2.24, 2.45) is 5.73 Å². The van der Waals surface area contributed by atoms with Gasteiger partial charge in [-0.25, -0.2) is 0 Å². The van der Waals surface area contributed by atoms with Crippen LogP contribution in [0.4, 0.5) is 0 Å². The molecule has 0 heterocycles. The summed E-state index contributed by atoms with van der Waals surface area (Å²) in [4.78, 5) is 0. The first-order chi connectivity index (χ1) is 6.15. The fraction of sp³-hybridized carbons (Fsp3) is 0.400. The number of halogens is 1. The van der Waals surface area contributed by atoms with E-state index in [4.69, 9.17) is 5.73 Å². The van der Waals surface area contributed by atoms with Gasteiger partial charge in [0.2, 0.25) is 0 Å². The third-order valence-corrected chi connectivity index (χ3v) is 2.56. The summed E-state index contributed by atoms with van der Waals surface area (Å²) < 4.78 is 0.990. The Morgan fingerprint density at radius 1 is 1.54 bits per heavy atom. The van der Waals surface area contributed by atoms with Crippen molar-refractivity contribution in [2.75, 3.05) is 0 Å². The highest BCUT2D eigenvalue weighted by atomic mass is 79.9. The SMILES string of the molecule is CCC(O)C(N)c1cccc(Br)c1. The lowest BCUT2D eigenvalue weighted by molar-refractivity contribution is 0.140. The largest absolute Gasteiger partial charge is 0.391 e. The topological polar surface area (TPSA) is 46.2 Å². The maximum atomic E-state index is 9.53. The molecule has 2 atom stereocenters. The minimum Gasteiger partial charge on any atom is -0.391 e. The number of hydrogen-bond donors (Lipinski definition) is 2. The van der Waals surface area contributed by atoms with Gasteiger partial charge < -0.3 is 10.8 Å². The molecule has 0 bridgehead atoms. The Labute approximate surface area is 86.9 Å². The van der Waals surface area contributed by atoms with E-state index in [-0.39, 0.29) is 6.04 Å². The summed E-state index contributed by atoms with van der Waals surface area (Å²) in [5, 5.41) is 9.53. The average Bonchev–Trinajstić information content (AvgIpc) is 2.15. The maximum Gasteiger partial charge on any atom is 0.0730 e. The molecule has 0 amide bonds. The zero-order valence-electron chi connectivity index (χ0n) is 7.57. The molecule has 1 rings (SSSR count). The third-order valence-electron chi connectivity index (χ3n) is 2.07. The minimum atomic E-state index is -0.464. The van der Waals surface area contributed by atoms with Crippen LogP contribution in [0.3, 0.4) is 0 Å². The van der Waals surface area contributed by atoms with Gasteiger partial charge in [0, 0.05) is 4.47 Å². The van der Waals surface area contributed by atoms with Crippen molar-refractivity contribution in [3.05, 3.63) is 34.3 Å². The molecule has 3 N–H and O–H groups in total. The molecule has 0 aliphatic carbocycles. The Morgan fingerprint density at radius 2 is 2.23 bits per heavy atom. The Hall–Kier alpha value is -0.380. The van der Waals surface area contributed by atoms with E-state index >= 15 is 0 Å². The number of aliphatic hydroxyl groups excluding tert-OH is 1. The van der Waals surface area contributed by atoms with Crippen molar-refractivity contribution in [3.63, 3.8) is 0 Å². The van der Waals surface area contributed by atoms with E-state index < -0.39 is 6.10 Å². The lowest BCUT2D eigenvalue weighted by Crippen LogP contribution is -2.25. The van der Waals surface area contributed by atoms with E-state index in [1.807, 2.05) is 31.2 Å². The first-order valence-electron chi connectivity index (χ1n) is 4.34. The van der Waals surface area contributed by atoms with Crippen molar-refractivity contribution in [3.8, 4) is 0 Å². The first kappa shape index (κ1) is 10.7.